The smallest absolute Gasteiger partial charge is 0.254 e. The van der Waals surface area contributed by atoms with Crippen molar-refractivity contribution in [2.75, 3.05) is 13.1 Å². The monoisotopic (exact) mass is 618 g/mol. The number of allylic oxidation sites excluding steroid dienone is 2. The van der Waals surface area contributed by atoms with Gasteiger partial charge in [0, 0.05) is 29.8 Å². The summed E-state index contributed by atoms with van der Waals surface area (Å²) in [6.07, 6.45) is 4.67. The van der Waals surface area contributed by atoms with Crippen molar-refractivity contribution in [1.29, 1.82) is 0 Å². The van der Waals surface area contributed by atoms with Crippen LogP contribution in [0.15, 0.2) is 107 Å². The Morgan fingerprint density at radius 3 is 1.81 bits per heavy atom. The van der Waals surface area contributed by atoms with Gasteiger partial charge in [0.1, 0.15) is 10.8 Å². The highest BCUT2D eigenvalue weighted by Crippen LogP contribution is 2.15. The second-order valence-corrected chi connectivity index (χ2v) is 10.9. The van der Waals surface area contributed by atoms with E-state index in [9.17, 15) is 9.59 Å². The summed E-state index contributed by atoms with van der Waals surface area (Å²) >= 11 is 12.5. The molecule has 2 fully saturated rings. The van der Waals surface area contributed by atoms with E-state index in [-0.39, 0.29) is 23.9 Å². The van der Waals surface area contributed by atoms with E-state index >= 15 is 0 Å². The Morgan fingerprint density at radius 2 is 1.23 bits per heavy atom. The van der Waals surface area contributed by atoms with Crippen LogP contribution in [0.25, 0.3) is 0 Å². The lowest BCUT2D eigenvalue weighted by Gasteiger charge is -2.27. The van der Waals surface area contributed by atoms with Gasteiger partial charge >= 0.3 is 0 Å². The number of hydrogen-bond acceptors (Lipinski definition) is 8. The Labute approximate surface area is 259 Å². The predicted octanol–water partition coefficient (Wildman–Crippen LogP) is 2.34. The third kappa shape index (κ3) is 7.99. The van der Waals surface area contributed by atoms with Crippen LogP contribution in [0.1, 0.15) is 22.3 Å². The minimum atomic E-state index is -0.745. The van der Waals surface area contributed by atoms with E-state index in [0.29, 0.717) is 19.5 Å². The molecule has 0 radical (unpaired) electrons. The Bertz CT molecular complexity index is 1480. The highest BCUT2D eigenvalue weighted by atomic mass is 35.5. The van der Waals surface area contributed by atoms with Gasteiger partial charge in [-0.25, -0.2) is 10.9 Å². The summed E-state index contributed by atoms with van der Waals surface area (Å²) in [5.41, 5.74) is 22.2. The molecule has 3 aromatic carbocycles. The number of nitrogens with one attached hydrogen (secondary N) is 6. The van der Waals surface area contributed by atoms with Crippen molar-refractivity contribution in [1.82, 2.24) is 32.6 Å². The molecular formula is C31H32Cl2N8O2. The van der Waals surface area contributed by atoms with E-state index in [4.69, 9.17) is 23.2 Å². The van der Waals surface area contributed by atoms with E-state index in [2.05, 4.69) is 54.9 Å². The van der Waals surface area contributed by atoms with E-state index in [1.54, 1.807) is 0 Å². The third-order valence-electron chi connectivity index (χ3n) is 6.94. The number of nitrogens with zero attached hydrogens (tertiary/aromatic N) is 2. The fourth-order valence-electron chi connectivity index (χ4n) is 4.53. The summed E-state index contributed by atoms with van der Waals surface area (Å²) in [6, 6.07) is 27.1. The zero-order valence-electron chi connectivity index (χ0n) is 23.1. The molecule has 0 aliphatic carbocycles. The molecule has 2 amide bonds. The molecular weight excluding hydrogens is 587 g/mol. The van der Waals surface area contributed by atoms with Gasteiger partial charge in [0.15, 0.2) is 0 Å². The Balaban J connectivity index is 1.30. The largest absolute Gasteiger partial charge is 0.303 e. The molecule has 5 rings (SSSR count). The normalized spacial score (nSPS) is 23.0. The molecule has 0 spiro atoms. The first-order valence-corrected chi connectivity index (χ1v) is 14.7. The average Bonchev–Trinajstić information content (AvgIpc) is 3.04. The first-order valence-electron chi connectivity index (χ1n) is 13.9. The molecule has 2 saturated heterocycles. The molecule has 222 valence electrons. The summed E-state index contributed by atoms with van der Waals surface area (Å²) in [4.78, 5) is 23.8. The zero-order valence-corrected chi connectivity index (χ0v) is 24.6. The SMILES string of the molecule is O=C1NNCC(N/N=C(/C=C/Cc2ccc(/C(=N/NC3CNNC(=O)C3Cl)c3ccccc3)cc2)c2ccccc2)C1Cl. The number of hydrogen-bond donors (Lipinski definition) is 6. The van der Waals surface area contributed by atoms with Crippen LogP contribution in [0, 0.1) is 0 Å². The van der Waals surface area contributed by atoms with E-state index < -0.39 is 10.8 Å². The van der Waals surface area contributed by atoms with Gasteiger partial charge in [-0.2, -0.15) is 10.2 Å². The number of alkyl halides is 2. The van der Waals surface area contributed by atoms with Gasteiger partial charge in [0.2, 0.25) is 0 Å². The number of rotatable bonds is 10. The van der Waals surface area contributed by atoms with Gasteiger partial charge in [-0.05, 0) is 18.1 Å². The number of carbonyl (C=O) groups excluding carboxylic acids is 2. The maximum atomic E-state index is 11.9. The van der Waals surface area contributed by atoms with Crippen molar-refractivity contribution in [2.45, 2.75) is 29.3 Å². The van der Waals surface area contributed by atoms with Crippen LogP contribution >= 0.6 is 23.2 Å². The molecule has 0 bridgehead atoms. The number of amides is 2. The summed E-state index contributed by atoms with van der Waals surface area (Å²) in [7, 11) is 0. The lowest BCUT2D eigenvalue weighted by Crippen LogP contribution is -2.60. The second-order valence-electron chi connectivity index (χ2n) is 10.0. The van der Waals surface area contributed by atoms with Crippen molar-refractivity contribution >= 4 is 46.4 Å². The van der Waals surface area contributed by atoms with Gasteiger partial charge < -0.3 is 10.9 Å². The third-order valence-corrected chi connectivity index (χ3v) is 7.95. The van der Waals surface area contributed by atoms with E-state index in [1.165, 1.54) is 0 Å². The molecule has 10 nitrogen and oxygen atoms in total. The molecule has 0 aromatic heterocycles. The maximum Gasteiger partial charge on any atom is 0.254 e. The van der Waals surface area contributed by atoms with Crippen molar-refractivity contribution in [3.63, 3.8) is 0 Å². The predicted molar refractivity (Wildman–Crippen MR) is 170 cm³/mol. The molecule has 43 heavy (non-hydrogen) atoms. The molecule has 4 atom stereocenters. The summed E-state index contributed by atoms with van der Waals surface area (Å²) in [5, 5.41) is 7.78. The number of carbonyl (C=O) groups is 2. The molecule has 0 saturated carbocycles. The highest BCUT2D eigenvalue weighted by molar-refractivity contribution is 6.32. The first-order chi connectivity index (χ1) is 21.0. The van der Waals surface area contributed by atoms with Crippen LogP contribution < -0.4 is 32.6 Å². The van der Waals surface area contributed by atoms with Crippen LogP contribution in [0.5, 0.6) is 0 Å². The summed E-state index contributed by atoms with van der Waals surface area (Å²) < 4.78 is 0. The number of hydrazone groups is 2. The quantitative estimate of drug-likeness (QED) is 0.117. The van der Waals surface area contributed by atoms with Gasteiger partial charge in [0.05, 0.1) is 23.5 Å². The lowest BCUT2D eigenvalue weighted by molar-refractivity contribution is -0.124. The van der Waals surface area contributed by atoms with Crippen molar-refractivity contribution in [3.8, 4) is 0 Å². The second kappa shape index (κ2) is 14.8. The fourth-order valence-corrected chi connectivity index (χ4v) is 4.93. The minimum absolute atomic E-state index is 0.293. The van der Waals surface area contributed by atoms with Crippen LogP contribution in [0.4, 0.5) is 0 Å². The van der Waals surface area contributed by atoms with E-state index in [1.807, 2.05) is 84.9 Å². The number of halogens is 2. The topological polar surface area (TPSA) is 131 Å². The van der Waals surface area contributed by atoms with E-state index in [0.717, 1.165) is 33.7 Å². The lowest BCUT2D eigenvalue weighted by atomic mass is 10.00. The Hall–Kier alpha value is -4.22. The van der Waals surface area contributed by atoms with Crippen LogP contribution in [0.3, 0.4) is 0 Å². The summed E-state index contributed by atoms with van der Waals surface area (Å²) in [6.45, 7) is 0.893. The van der Waals surface area contributed by atoms with Crippen molar-refractivity contribution in [3.05, 3.63) is 119 Å². The number of benzene rings is 3. The Kier molecular flexibility index (Phi) is 10.4. The summed E-state index contributed by atoms with van der Waals surface area (Å²) in [5.74, 6) is -0.587. The molecule has 3 aromatic rings. The van der Waals surface area contributed by atoms with Gasteiger partial charge in [0.25, 0.3) is 11.8 Å². The van der Waals surface area contributed by atoms with Gasteiger partial charge in [-0.15, -0.1) is 23.2 Å². The molecule has 6 N–H and O–H groups in total. The van der Waals surface area contributed by atoms with Gasteiger partial charge in [-0.3, -0.25) is 20.4 Å². The minimum Gasteiger partial charge on any atom is -0.303 e. The van der Waals surface area contributed by atoms with Crippen molar-refractivity contribution in [2.24, 2.45) is 10.2 Å². The standard InChI is InChI=1S/C31H32Cl2N8O2/c32-27-25(18-34-40-30(27)42)37-36-24(21-9-3-1-4-10-21)13-7-8-20-14-16-23(17-15-20)29(22-11-5-2-6-12-22)39-38-26-19-35-41-31(43)28(26)33/h1-7,9-17,25-28,34-35,37-38H,8,18-19H2,(H,40,42)(H,41,43)/b13-7+,36-24-,39-29+. The molecule has 12 heteroatoms. The maximum absolute atomic E-state index is 11.9. The van der Waals surface area contributed by atoms with Gasteiger partial charge in [-0.1, -0.05) is 91.0 Å². The molecule has 2 heterocycles. The zero-order chi connectivity index (χ0) is 30.0. The molecule has 2 aliphatic heterocycles. The highest BCUT2D eigenvalue weighted by Gasteiger charge is 2.31. The van der Waals surface area contributed by atoms with Crippen LogP contribution in [0.2, 0.25) is 0 Å². The number of hydrazine groups is 2. The average molecular weight is 620 g/mol. The fraction of sp³-hybridized carbons (Fsp3) is 0.226. The van der Waals surface area contributed by atoms with Crippen LogP contribution in [-0.4, -0.2) is 59.2 Å². The van der Waals surface area contributed by atoms with Crippen molar-refractivity contribution < 1.29 is 9.59 Å². The van der Waals surface area contributed by atoms with Crippen LogP contribution in [-0.2, 0) is 16.0 Å². The molecule has 2 aliphatic rings. The Morgan fingerprint density at radius 1 is 0.721 bits per heavy atom. The first kappa shape index (κ1) is 30.2. The molecule has 4 unspecified atom stereocenters.